The highest BCUT2D eigenvalue weighted by molar-refractivity contribution is 7.17. The van der Waals surface area contributed by atoms with Gasteiger partial charge in [0.15, 0.2) is 0 Å². The van der Waals surface area contributed by atoms with Crippen molar-refractivity contribution in [3.05, 3.63) is 59.6 Å². The van der Waals surface area contributed by atoms with Crippen LogP contribution in [0.4, 0.5) is 24.5 Å². The van der Waals surface area contributed by atoms with Crippen molar-refractivity contribution in [3.63, 3.8) is 0 Å². The Hall–Kier alpha value is -3.48. The zero-order chi connectivity index (χ0) is 25.7. The second-order valence-electron chi connectivity index (χ2n) is 7.92. The van der Waals surface area contributed by atoms with E-state index in [9.17, 15) is 22.8 Å². The van der Waals surface area contributed by atoms with E-state index < -0.39 is 30.0 Å². The first-order chi connectivity index (χ1) is 17.2. The second-order valence-corrected chi connectivity index (χ2v) is 8.95. The molecule has 1 aliphatic heterocycles. The molecule has 0 bridgehead atoms. The summed E-state index contributed by atoms with van der Waals surface area (Å²) < 4.78 is 47.6. The van der Waals surface area contributed by atoms with Crippen LogP contribution in [0.1, 0.15) is 16.6 Å². The molecular formula is C24H23F3N4O4S. The number of thiazole rings is 1. The van der Waals surface area contributed by atoms with Crippen molar-refractivity contribution in [1.29, 1.82) is 0 Å². The number of anilines is 2. The van der Waals surface area contributed by atoms with Crippen molar-refractivity contribution >= 4 is 34.5 Å². The van der Waals surface area contributed by atoms with Crippen LogP contribution < -0.4 is 15.4 Å². The van der Waals surface area contributed by atoms with Crippen molar-refractivity contribution in [3.8, 4) is 16.3 Å². The maximum atomic E-state index is 12.9. The molecule has 190 valence electrons. The van der Waals surface area contributed by atoms with Gasteiger partial charge >= 0.3 is 6.36 Å². The van der Waals surface area contributed by atoms with E-state index in [-0.39, 0.29) is 11.4 Å². The number of hydrogen-bond donors (Lipinski definition) is 2. The Morgan fingerprint density at radius 1 is 1.08 bits per heavy atom. The number of benzene rings is 2. The van der Waals surface area contributed by atoms with E-state index in [1.54, 1.807) is 6.92 Å². The van der Waals surface area contributed by atoms with Crippen LogP contribution in [0.2, 0.25) is 0 Å². The number of morpholine rings is 1. The lowest BCUT2D eigenvalue weighted by Gasteiger charge is -2.31. The Morgan fingerprint density at radius 2 is 1.81 bits per heavy atom. The maximum Gasteiger partial charge on any atom is 0.573 e. The zero-order valence-corrected chi connectivity index (χ0v) is 20.0. The first-order valence-electron chi connectivity index (χ1n) is 11.0. The number of hydrogen-bond acceptors (Lipinski definition) is 7. The van der Waals surface area contributed by atoms with E-state index in [0.717, 1.165) is 17.7 Å². The summed E-state index contributed by atoms with van der Waals surface area (Å²) in [7, 11) is 0. The van der Waals surface area contributed by atoms with E-state index in [1.165, 1.54) is 23.6 Å². The standard InChI is InChI=1S/C24H23F3N4O4S/c1-15(31-9-11-34-12-10-31)21(32)30-19-13-17(35-24(25,26)27)7-8-18(19)29-22(33)20-14-28-23(36-20)16-5-3-2-4-6-16/h2-8,13-15H,9-12H2,1H3,(H,29,33)(H,30,32). The van der Waals surface area contributed by atoms with Crippen LogP contribution in [-0.2, 0) is 9.53 Å². The highest BCUT2D eigenvalue weighted by atomic mass is 32.1. The number of nitrogens with zero attached hydrogens (tertiary/aromatic N) is 2. The molecule has 1 fully saturated rings. The van der Waals surface area contributed by atoms with Gasteiger partial charge in [-0.15, -0.1) is 24.5 Å². The van der Waals surface area contributed by atoms with Gasteiger partial charge in [0.05, 0.1) is 36.8 Å². The van der Waals surface area contributed by atoms with Crippen molar-refractivity contribution in [1.82, 2.24) is 9.88 Å². The molecule has 12 heteroatoms. The number of carbonyl (C=O) groups excluding carboxylic acids is 2. The number of halogens is 3. The summed E-state index contributed by atoms with van der Waals surface area (Å²) >= 11 is 1.17. The Bertz CT molecular complexity index is 1210. The van der Waals surface area contributed by atoms with Crippen LogP contribution in [0.3, 0.4) is 0 Å². The Kier molecular flexibility index (Phi) is 7.87. The fraction of sp³-hybridized carbons (Fsp3) is 0.292. The van der Waals surface area contributed by atoms with Crippen LogP contribution >= 0.6 is 11.3 Å². The molecule has 0 radical (unpaired) electrons. The third-order valence-electron chi connectivity index (χ3n) is 5.45. The van der Waals surface area contributed by atoms with Gasteiger partial charge < -0.3 is 20.1 Å². The maximum absolute atomic E-state index is 12.9. The quantitative estimate of drug-likeness (QED) is 0.472. The number of amides is 2. The molecule has 1 aliphatic rings. The molecule has 2 heterocycles. The number of aromatic nitrogens is 1. The molecule has 1 atom stereocenters. The van der Waals surface area contributed by atoms with Gasteiger partial charge in [0.25, 0.3) is 5.91 Å². The lowest BCUT2D eigenvalue weighted by atomic mass is 10.2. The fourth-order valence-electron chi connectivity index (χ4n) is 3.58. The molecule has 36 heavy (non-hydrogen) atoms. The van der Waals surface area contributed by atoms with Crippen molar-refractivity contribution in [2.45, 2.75) is 19.3 Å². The summed E-state index contributed by atoms with van der Waals surface area (Å²) in [5.41, 5.74) is 0.940. The van der Waals surface area contributed by atoms with Gasteiger partial charge in [-0.1, -0.05) is 30.3 Å². The monoisotopic (exact) mass is 520 g/mol. The van der Waals surface area contributed by atoms with Crippen LogP contribution in [0.15, 0.2) is 54.7 Å². The highest BCUT2D eigenvalue weighted by Crippen LogP contribution is 2.32. The molecule has 8 nitrogen and oxygen atoms in total. The zero-order valence-electron chi connectivity index (χ0n) is 19.2. The second kappa shape index (κ2) is 11.1. The lowest BCUT2D eigenvalue weighted by Crippen LogP contribution is -2.47. The lowest BCUT2D eigenvalue weighted by molar-refractivity contribution is -0.274. The van der Waals surface area contributed by atoms with Crippen LogP contribution in [0.25, 0.3) is 10.6 Å². The summed E-state index contributed by atoms with van der Waals surface area (Å²) in [5.74, 6) is -1.49. The van der Waals surface area contributed by atoms with Crippen molar-refractivity contribution < 1.29 is 32.2 Å². The molecule has 2 aromatic carbocycles. The molecule has 3 aromatic rings. The van der Waals surface area contributed by atoms with Crippen LogP contribution in [0, 0.1) is 0 Å². The Balaban J connectivity index is 1.54. The predicted octanol–water partition coefficient (Wildman–Crippen LogP) is 4.62. The summed E-state index contributed by atoms with van der Waals surface area (Å²) in [6.07, 6.45) is -3.49. The number of alkyl halides is 3. The van der Waals surface area contributed by atoms with E-state index in [2.05, 4.69) is 20.4 Å². The Morgan fingerprint density at radius 3 is 2.50 bits per heavy atom. The molecule has 2 amide bonds. The van der Waals surface area contributed by atoms with E-state index in [1.807, 2.05) is 35.2 Å². The summed E-state index contributed by atoms with van der Waals surface area (Å²) in [6, 6.07) is 12.1. The van der Waals surface area contributed by atoms with Gasteiger partial charge in [-0.05, 0) is 19.1 Å². The fourth-order valence-corrected chi connectivity index (χ4v) is 4.39. The minimum absolute atomic E-state index is 0.0250. The Labute approximate surface area is 209 Å². The molecule has 1 aromatic heterocycles. The molecule has 0 saturated carbocycles. The van der Waals surface area contributed by atoms with Gasteiger partial charge in [0.1, 0.15) is 15.6 Å². The topological polar surface area (TPSA) is 92.8 Å². The molecule has 1 saturated heterocycles. The molecule has 1 unspecified atom stereocenters. The van der Waals surface area contributed by atoms with Crippen LogP contribution in [-0.4, -0.2) is 60.4 Å². The SMILES string of the molecule is CC(C(=O)Nc1cc(OC(F)(F)F)ccc1NC(=O)c1cnc(-c2ccccc2)s1)N1CCOCC1. The molecule has 0 spiro atoms. The normalized spacial score (nSPS) is 15.2. The largest absolute Gasteiger partial charge is 0.573 e. The molecular weight excluding hydrogens is 497 g/mol. The number of nitrogens with one attached hydrogen (secondary N) is 2. The third-order valence-corrected chi connectivity index (χ3v) is 6.50. The number of ether oxygens (including phenoxy) is 2. The summed E-state index contributed by atoms with van der Waals surface area (Å²) in [6.45, 7) is 3.74. The average Bonchev–Trinajstić information content (AvgIpc) is 3.36. The number of carbonyl (C=O) groups is 2. The van der Waals surface area contributed by atoms with Gasteiger partial charge in [-0.3, -0.25) is 14.5 Å². The van der Waals surface area contributed by atoms with Crippen molar-refractivity contribution in [2.24, 2.45) is 0 Å². The average molecular weight is 521 g/mol. The minimum Gasteiger partial charge on any atom is -0.406 e. The molecule has 4 rings (SSSR count). The summed E-state index contributed by atoms with van der Waals surface area (Å²) in [4.78, 5) is 32.3. The highest BCUT2D eigenvalue weighted by Gasteiger charge is 2.32. The van der Waals surface area contributed by atoms with Crippen molar-refractivity contribution in [2.75, 3.05) is 36.9 Å². The molecule has 2 N–H and O–H groups in total. The summed E-state index contributed by atoms with van der Waals surface area (Å²) in [5, 5.41) is 5.92. The van der Waals surface area contributed by atoms with Gasteiger partial charge in [-0.25, -0.2) is 4.98 Å². The van der Waals surface area contributed by atoms with Gasteiger partial charge in [0.2, 0.25) is 5.91 Å². The minimum atomic E-state index is -4.91. The first-order valence-corrected chi connectivity index (χ1v) is 11.9. The predicted molar refractivity (Wildman–Crippen MR) is 129 cm³/mol. The van der Waals surface area contributed by atoms with E-state index in [4.69, 9.17) is 4.74 Å². The van der Waals surface area contributed by atoms with Crippen LogP contribution in [0.5, 0.6) is 5.75 Å². The van der Waals surface area contributed by atoms with Gasteiger partial charge in [0, 0.05) is 24.7 Å². The number of rotatable bonds is 7. The van der Waals surface area contributed by atoms with Gasteiger partial charge in [-0.2, -0.15) is 0 Å². The first kappa shape index (κ1) is 25.6. The van der Waals surface area contributed by atoms with E-state index >= 15 is 0 Å². The molecule has 0 aliphatic carbocycles. The third kappa shape index (κ3) is 6.59. The van der Waals surface area contributed by atoms with E-state index in [0.29, 0.717) is 36.2 Å². The smallest absolute Gasteiger partial charge is 0.406 e.